The molecule has 2 aliphatic carbocycles. The number of rotatable bonds is 5. The zero-order valence-corrected chi connectivity index (χ0v) is 38.3. The van der Waals surface area contributed by atoms with E-state index in [1.165, 1.54) is 125 Å². The molecule has 0 aliphatic heterocycles. The van der Waals surface area contributed by atoms with Gasteiger partial charge in [-0.1, -0.05) is 200 Å². The average molecular weight is 892 g/mol. The lowest BCUT2D eigenvalue weighted by molar-refractivity contribution is 0.793. The normalized spacial score (nSPS) is 13.0. The molecule has 0 saturated heterocycles. The molecule has 0 unspecified atom stereocenters. The van der Waals surface area contributed by atoms with Gasteiger partial charge in [-0.25, -0.2) is 0 Å². The molecule has 15 rings (SSSR count). The standard InChI is InChI=1S/C67H41NS/c1-2-19-50-48(17-1)49-18-3-4-20-51(49)59-41-47(36-38-52(50)59)68(46-34-31-42(32-35-46)43-15-13-16-44(39-43)45-33-37-57-56-24-8-12-30-64(56)69-65(57)40-45)63-29-14-25-58-55-23-7-11-28-62(55)67(66(58)63)60-26-9-5-21-53(60)54-22-6-10-27-61(54)67/h1-41H. The summed E-state index contributed by atoms with van der Waals surface area (Å²) < 4.78 is 2.65. The molecule has 2 aliphatic rings. The highest BCUT2D eigenvalue weighted by molar-refractivity contribution is 7.25. The van der Waals surface area contributed by atoms with Crippen LogP contribution in [0.15, 0.2) is 249 Å². The summed E-state index contributed by atoms with van der Waals surface area (Å²) >= 11 is 1.87. The summed E-state index contributed by atoms with van der Waals surface area (Å²) in [5, 5.41) is 10.2. The van der Waals surface area contributed by atoms with E-state index in [0.29, 0.717) is 0 Å². The van der Waals surface area contributed by atoms with Gasteiger partial charge in [0.05, 0.1) is 11.1 Å². The second-order valence-corrected chi connectivity index (χ2v) is 19.8. The van der Waals surface area contributed by atoms with Crippen LogP contribution < -0.4 is 4.90 Å². The zero-order valence-electron chi connectivity index (χ0n) is 37.5. The monoisotopic (exact) mass is 891 g/mol. The molecule has 0 amide bonds. The van der Waals surface area contributed by atoms with Crippen molar-refractivity contribution in [3.8, 4) is 44.5 Å². The largest absolute Gasteiger partial charge is 0.310 e. The quantitative estimate of drug-likeness (QED) is 0.156. The third kappa shape index (κ3) is 5.46. The smallest absolute Gasteiger partial charge is 0.0746 e. The summed E-state index contributed by atoms with van der Waals surface area (Å²) in [6, 6.07) is 93.2. The van der Waals surface area contributed by atoms with E-state index >= 15 is 0 Å². The maximum Gasteiger partial charge on any atom is 0.0746 e. The summed E-state index contributed by atoms with van der Waals surface area (Å²) in [6.45, 7) is 0. The molecule has 1 nitrogen and oxygen atoms in total. The molecule has 13 aromatic rings. The topological polar surface area (TPSA) is 3.24 Å². The van der Waals surface area contributed by atoms with E-state index in [1.807, 2.05) is 11.3 Å². The Morgan fingerprint density at radius 3 is 1.39 bits per heavy atom. The van der Waals surface area contributed by atoms with Crippen LogP contribution in [0.5, 0.6) is 0 Å². The van der Waals surface area contributed by atoms with E-state index in [2.05, 4.69) is 254 Å². The molecule has 0 saturated carbocycles. The third-order valence-electron chi connectivity index (χ3n) is 15.3. The van der Waals surface area contributed by atoms with Gasteiger partial charge in [0.15, 0.2) is 0 Å². The maximum absolute atomic E-state index is 2.54. The van der Waals surface area contributed by atoms with E-state index in [0.717, 1.165) is 11.4 Å². The van der Waals surface area contributed by atoms with Gasteiger partial charge >= 0.3 is 0 Å². The van der Waals surface area contributed by atoms with Gasteiger partial charge in [-0.15, -0.1) is 11.3 Å². The lowest BCUT2D eigenvalue weighted by atomic mass is 9.70. The number of benzene rings is 12. The number of nitrogens with zero attached hydrogens (tertiary/aromatic N) is 1. The van der Waals surface area contributed by atoms with Crippen LogP contribution in [0.3, 0.4) is 0 Å². The van der Waals surface area contributed by atoms with Crippen LogP contribution in [0, 0.1) is 0 Å². The number of hydrogen-bond donors (Lipinski definition) is 0. The van der Waals surface area contributed by atoms with Gasteiger partial charge in [-0.3, -0.25) is 0 Å². The van der Waals surface area contributed by atoms with Crippen LogP contribution in [0.25, 0.3) is 97.0 Å². The Bertz CT molecular complexity index is 4170. The van der Waals surface area contributed by atoms with Crippen molar-refractivity contribution in [2.75, 3.05) is 4.90 Å². The number of thiophene rings is 1. The van der Waals surface area contributed by atoms with Gasteiger partial charge in [-0.2, -0.15) is 0 Å². The van der Waals surface area contributed by atoms with E-state index in [9.17, 15) is 0 Å². The van der Waals surface area contributed by atoms with Crippen LogP contribution >= 0.6 is 11.3 Å². The van der Waals surface area contributed by atoms with Crippen LogP contribution in [0.4, 0.5) is 17.1 Å². The second-order valence-electron chi connectivity index (χ2n) is 18.7. The molecular weight excluding hydrogens is 851 g/mol. The summed E-state index contributed by atoms with van der Waals surface area (Å²) in [5.41, 5.74) is 18.2. The van der Waals surface area contributed by atoms with E-state index in [1.54, 1.807) is 0 Å². The van der Waals surface area contributed by atoms with E-state index in [4.69, 9.17) is 0 Å². The molecule has 1 spiro atoms. The number of anilines is 3. The maximum atomic E-state index is 2.54. The van der Waals surface area contributed by atoms with Gasteiger partial charge < -0.3 is 4.90 Å². The fraction of sp³-hybridized carbons (Fsp3) is 0.0149. The molecule has 2 heteroatoms. The summed E-state index contributed by atoms with van der Waals surface area (Å²) in [6.07, 6.45) is 0. The molecule has 0 bridgehead atoms. The van der Waals surface area contributed by atoms with E-state index in [-0.39, 0.29) is 0 Å². The zero-order chi connectivity index (χ0) is 45.2. The van der Waals surface area contributed by atoms with Crippen molar-refractivity contribution in [3.63, 3.8) is 0 Å². The van der Waals surface area contributed by atoms with Crippen molar-refractivity contribution >= 4 is 80.9 Å². The highest BCUT2D eigenvalue weighted by atomic mass is 32.1. The lowest BCUT2D eigenvalue weighted by Crippen LogP contribution is -2.28. The minimum atomic E-state index is -0.521. The van der Waals surface area contributed by atoms with Gasteiger partial charge in [0.2, 0.25) is 0 Å². The molecule has 0 N–H and O–H groups in total. The van der Waals surface area contributed by atoms with Crippen molar-refractivity contribution in [1.29, 1.82) is 0 Å². The Hall–Kier alpha value is -8.56. The summed E-state index contributed by atoms with van der Waals surface area (Å²) in [4.78, 5) is 2.54. The highest BCUT2D eigenvalue weighted by Gasteiger charge is 2.53. The molecular formula is C67H41NS. The number of hydrogen-bond acceptors (Lipinski definition) is 2. The first-order chi connectivity index (χ1) is 34.2. The first-order valence-electron chi connectivity index (χ1n) is 23.9. The molecule has 0 radical (unpaired) electrons. The van der Waals surface area contributed by atoms with Crippen LogP contribution in [-0.4, -0.2) is 0 Å². The van der Waals surface area contributed by atoms with Crippen LogP contribution in [0.2, 0.25) is 0 Å². The van der Waals surface area contributed by atoms with Crippen molar-refractivity contribution in [2.45, 2.75) is 5.41 Å². The molecule has 0 atom stereocenters. The number of fused-ring (bicyclic) bond motifs is 19. The fourth-order valence-corrected chi connectivity index (χ4v) is 13.5. The van der Waals surface area contributed by atoms with Crippen molar-refractivity contribution in [2.24, 2.45) is 0 Å². The van der Waals surface area contributed by atoms with Crippen molar-refractivity contribution < 1.29 is 0 Å². The predicted octanol–water partition coefficient (Wildman–Crippen LogP) is 18.7. The Morgan fingerprint density at radius 2 is 0.725 bits per heavy atom. The molecule has 69 heavy (non-hydrogen) atoms. The SMILES string of the molecule is c1cc(-c2ccc(N(c3ccc4c5ccccc5c5ccccc5c4c3)c3cccc4c3C3(c5ccccc5-c5ccccc53)c3ccccc3-4)cc2)cc(-c2ccc3c(c2)sc2ccccc23)c1. The second kappa shape index (κ2) is 14.7. The first-order valence-corrected chi connectivity index (χ1v) is 24.7. The van der Waals surface area contributed by atoms with Gasteiger partial charge in [0.25, 0.3) is 0 Å². The molecule has 320 valence electrons. The highest BCUT2D eigenvalue weighted by Crippen LogP contribution is 2.65. The van der Waals surface area contributed by atoms with Crippen molar-refractivity contribution in [1.82, 2.24) is 0 Å². The van der Waals surface area contributed by atoms with Crippen LogP contribution in [0.1, 0.15) is 22.3 Å². The summed E-state index contributed by atoms with van der Waals surface area (Å²) in [7, 11) is 0. The van der Waals surface area contributed by atoms with Crippen LogP contribution in [-0.2, 0) is 5.41 Å². The van der Waals surface area contributed by atoms with E-state index < -0.39 is 5.41 Å². The Balaban J connectivity index is 0.946. The minimum absolute atomic E-state index is 0.521. The van der Waals surface area contributed by atoms with Gasteiger partial charge in [-0.05, 0) is 142 Å². The minimum Gasteiger partial charge on any atom is -0.310 e. The summed E-state index contributed by atoms with van der Waals surface area (Å²) in [5.74, 6) is 0. The molecule has 1 aromatic heterocycles. The Morgan fingerprint density at radius 1 is 0.275 bits per heavy atom. The Labute approximate surface area is 404 Å². The average Bonchev–Trinajstić information content (AvgIpc) is 4.05. The first kappa shape index (κ1) is 38.5. The third-order valence-corrected chi connectivity index (χ3v) is 16.4. The predicted molar refractivity (Wildman–Crippen MR) is 294 cm³/mol. The molecule has 1 heterocycles. The fourth-order valence-electron chi connectivity index (χ4n) is 12.4. The van der Waals surface area contributed by atoms with Crippen molar-refractivity contribution in [3.05, 3.63) is 271 Å². The molecule has 12 aromatic carbocycles. The lowest BCUT2D eigenvalue weighted by Gasteiger charge is -2.36. The molecule has 0 fully saturated rings. The Kier molecular flexibility index (Phi) is 8.22. The van der Waals surface area contributed by atoms with Gasteiger partial charge in [0.1, 0.15) is 0 Å². The van der Waals surface area contributed by atoms with Gasteiger partial charge in [0, 0.05) is 37.1 Å².